The predicted octanol–water partition coefficient (Wildman–Crippen LogP) is 5.68. The van der Waals surface area contributed by atoms with Crippen LogP contribution >= 0.6 is 23.5 Å². The summed E-state index contributed by atoms with van der Waals surface area (Å²) in [4.78, 5) is 28.7. The smallest absolute Gasteiger partial charge is 0.346 e. The Balaban J connectivity index is 1.66. The molecule has 4 rings (SSSR count). The topological polar surface area (TPSA) is 83.6 Å². The molecule has 31 heavy (non-hydrogen) atoms. The Morgan fingerprint density at radius 3 is 2.71 bits per heavy atom. The van der Waals surface area contributed by atoms with Crippen molar-refractivity contribution >= 4 is 46.1 Å². The second-order valence-corrected chi connectivity index (χ2v) is 7.83. The summed E-state index contributed by atoms with van der Waals surface area (Å²) in [7, 11) is 0. The molecule has 0 amide bonds. The first-order chi connectivity index (χ1) is 14.7. The van der Waals surface area contributed by atoms with E-state index < -0.39 is 17.5 Å². The lowest BCUT2D eigenvalue weighted by atomic mass is 10.1. The van der Waals surface area contributed by atoms with Gasteiger partial charge in [-0.3, -0.25) is 9.78 Å². The molecule has 0 aliphatic heterocycles. The number of alkyl halides is 3. The largest absolute Gasteiger partial charge is 0.417 e. The highest BCUT2D eigenvalue weighted by Gasteiger charge is 2.33. The first-order valence-electron chi connectivity index (χ1n) is 8.83. The normalized spacial score (nSPS) is 11.6. The van der Waals surface area contributed by atoms with E-state index in [9.17, 15) is 18.0 Å². The number of halogens is 4. The maximum Gasteiger partial charge on any atom is 0.417 e. The van der Waals surface area contributed by atoms with E-state index in [0.29, 0.717) is 16.7 Å². The second kappa shape index (κ2) is 8.20. The van der Waals surface area contributed by atoms with Crippen LogP contribution in [0.15, 0.2) is 53.9 Å². The number of hydrogen-bond acceptors (Lipinski definition) is 6. The van der Waals surface area contributed by atoms with Crippen LogP contribution in [0, 0.1) is 6.92 Å². The molecule has 0 aliphatic carbocycles. The van der Waals surface area contributed by atoms with Gasteiger partial charge in [0.05, 0.1) is 16.3 Å². The SMILES string of the molecule is Cc1cnc(C(=O)c2ncnc3[nH]ccc23)c(NSc2ccc(Cl)c(C(F)(F)F)c2)c1. The van der Waals surface area contributed by atoms with E-state index >= 15 is 0 Å². The highest BCUT2D eigenvalue weighted by Crippen LogP contribution is 2.37. The Kier molecular flexibility index (Phi) is 5.59. The van der Waals surface area contributed by atoms with Gasteiger partial charge in [0.15, 0.2) is 0 Å². The highest BCUT2D eigenvalue weighted by atomic mass is 35.5. The third-order valence-corrected chi connectivity index (χ3v) is 5.47. The summed E-state index contributed by atoms with van der Waals surface area (Å²) >= 11 is 6.59. The molecule has 0 spiro atoms. The van der Waals surface area contributed by atoms with Crippen molar-refractivity contribution in [1.82, 2.24) is 19.9 Å². The summed E-state index contributed by atoms with van der Waals surface area (Å²) < 4.78 is 42.3. The molecule has 4 aromatic rings. The minimum atomic E-state index is -4.57. The Hall–Kier alpha value is -3.11. The standard InChI is InChI=1S/C20H13ClF3N5OS/c1-10-6-15(29-31-11-2-3-14(21)13(7-11)20(22,23)24)17(26-8-10)18(30)16-12-4-5-25-19(12)28-9-27-16/h2-9,29H,1H3,(H,25,27,28). The third kappa shape index (κ3) is 4.35. The lowest BCUT2D eigenvalue weighted by Crippen LogP contribution is -2.10. The third-order valence-electron chi connectivity index (χ3n) is 4.33. The number of pyridine rings is 1. The molecule has 0 saturated carbocycles. The number of aromatic amines is 1. The molecule has 0 radical (unpaired) electrons. The molecule has 0 fully saturated rings. The zero-order chi connectivity index (χ0) is 22.2. The molecule has 1 aromatic carbocycles. The zero-order valence-electron chi connectivity index (χ0n) is 15.8. The van der Waals surface area contributed by atoms with Crippen LogP contribution < -0.4 is 4.72 Å². The maximum absolute atomic E-state index is 13.1. The summed E-state index contributed by atoms with van der Waals surface area (Å²) in [5.74, 6) is -0.442. The molecule has 0 atom stereocenters. The lowest BCUT2D eigenvalue weighted by Gasteiger charge is -2.13. The van der Waals surface area contributed by atoms with E-state index in [1.165, 1.54) is 24.7 Å². The van der Waals surface area contributed by atoms with Gasteiger partial charge in [-0.1, -0.05) is 11.6 Å². The molecular formula is C20H13ClF3N5OS. The van der Waals surface area contributed by atoms with Crippen molar-refractivity contribution in [3.8, 4) is 0 Å². The van der Waals surface area contributed by atoms with Crippen molar-refractivity contribution in [2.45, 2.75) is 18.0 Å². The maximum atomic E-state index is 13.1. The fourth-order valence-corrected chi connectivity index (χ4v) is 3.81. The van der Waals surface area contributed by atoms with Crippen molar-refractivity contribution in [3.05, 3.63) is 76.6 Å². The van der Waals surface area contributed by atoms with Gasteiger partial charge in [0, 0.05) is 22.7 Å². The molecule has 0 unspecified atom stereocenters. The zero-order valence-corrected chi connectivity index (χ0v) is 17.4. The van der Waals surface area contributed by atoms with Crippen LogP contribution in [0.3, 0.4) is 0 Å². The van der Waals surface area contributed by atoms with Gasteiger partial charge >= 0.3 is 6.18 Å². The van der Waals surface area contributed by atoms with Crippen molar-refractivity contribution in [1.29, 1.82) is 0 Å². The minimum Gasteiger partial charge on any atom is -0.346 e. The van der Waals surface area contributed by atoms with Gasteiger partial charge < -0.3 is 9.71 Å². The molecule has 3 aromatic heterocycles. The van der Waals surface area contributed by atoms with Crippen LogP contribution in [0.25, 0.3) is 11.0 Å². The molecule has 6 nitrogen and oxygen atoms in total. The van der Waals surface area contributed by atoms with Crippen LogP contribution in [0.2, 0.25) is 5.02 Å². The molecule has 0 bridgehead atoms. The number of H-pyrrole nitrogens is 1. The van der Waals surface area contributed by atoms with Crippen LogP contribution in [-0.2, 0) is 6.18 Å². The second-order valence-electron chi connectivity index (χ2n) is 6.54. The highest BCUT2D eigenvalue weighted by molar-refractivity contribution is 8.00. The van der Waals surface area contributed by atoms with Gasteiger partial charge in [-0.25, -0.2) is 9.97 Å². The van der Waals surface area contributed by atoms with E-state index in [4.69, 9.17) is 11.6 Å². The van der Waals surface area contributed by atoms with Crippen LogP contribution in [0.5, 0.6) is 0 Å². The molecule has 2 N–H and O–H groups in total. The predicted molar refractivity (Wildman–Crippen MR) is 112 cm³/mol. The van der Waals surface area contributed by atoms with E-state index in [0.717, 1.165) is 23.6 Å². The van der Waals surface area contributed by atoms with Crippen molar-refractivity contribution in [2.75, 3.05) is 4.72 Å². The number of fused-ring (bicyclic) bond motifs is 1. The summed E-state index contributed by atoms with van der Waals surface area (Å²) in [6, 6.07) is 6.94. The summed E-state index contributed by atoms with van der Waals surface area (Å²) in [5.41, 5.74) is 0.943. The number of hydrogen-bond donors (Lipinski definition) is 2. The molecule has 0 aliphatic rings. The van der Waals surface area contributed by atoms with Gasteiger partial charge in [-0.2, -0.15) is 13.2 Å². The fourth-order valence-electron chi connectivity index (χ4n) is 2.89. The number of benzene rings is 1. The number of aromatic nitrogens is 4. The van der Waals surface area contributed by atoms with Crippen molar-refractivity contribution in [2.24, 2.45) is 0 Å². The fraction of sp³-hybridized carbons (Fsp3) is 0.100. The average Bonchev–Trinajstić information content (AvgIpc) is 3.21. The van der Waals surface area contributed by atoms with Crippen LogP contribution in [0.1, 0.15) is 27.3 Å². The number of aryl methyl sites for hydroxylation is 1. The van der Waals surface area contributed by atoms with Gasteiger partial charge in [-0.15, -0.1) is 0 Å². The first-order valence-corrected chi connectivity index (χ1v) is 10.0. The summed E-state index contributed by atoms with van der Waals surface area (Å²) in [6.45, 7) is 1.79. The quantitative estimate of drug-likeness (QED) is 0.292. The number of nitrogens with one attached hydrogen (secondary N) is 2. The number of carbonyl (C=O) groups excluding carboxylic acids is 1. The summed E-state index contributed by atoms with van der Waals surface area (Å²) in [5, 5.41) is 0.158. The first kappa shape index (κ1) is 21.1. The van der Waals surface area contributed by atoms with E-state index in [-0.39, 0.29) is 21.3 Å². The molecule has 0 saturated heterocycles. The Bertz CT molecular complexity index is 1290. The minimum absolute atomic E-state index is 0.0873. The summed E-state index contributed by atoms with van der Waals surface area (Å²) in [6.07, 6.45) is -0.127. The number of rotatable bonds is 5. The molecule has 3 heterocycles. The Morgan fingerprint density at radius 2 is 1.94 bits per heavy atom. The average molecular weight is 464 g/mol. The van der Waals surface area contributed by atoms with E-state index in [1.807, 2.05) is 0 Å². The molecule has 11 heteroatoms. The Labute approximate surface area is 183 Å². The van der Waals surface area contributed by atoms with Gasteiger partial charge in [0.2, 0.25) is 5.78 Å². The van der Waals surface area contributed by atoms with Crippen molar-refractivity contribution < 1.29 is 18.0 Å². The van der Waals surface area contributed by atoms with Crippen molar-refractivity contribution in [3.63, 3.8) is 0 Å². The van der Waals surface area contributed by atoms with Gasteiger partial charge in [0.25, 0.3) is 0 Å². The van der Waals surface area contributed by atoms with Crippen LogP contribution in [-0.4, -0.2) is 25.7 Å². The molecule has 158 valence electrons. The monoisotopic (exact) mass is 463 g/mol. The van der Waals surface area contributed by atoms with E-state index in [1.54, 1.807) is 25.3 Å². The molecular weight excluding hydrogens is 451 g/mol. The number of carbonyl (C=O) groups is 1. The van der Waals surface area contributed by atoms with Gasteiger partial charge in [0.1, 0.15) is 23.4 Å². The lowest BCUT2D eigenvalue weighted by molar-refractivity contribution is -0.137. The van der Waals surface area contributed by atoms with E-state index in [2.05, 4.69) is 24.7 Å². The number of nitrogens with zero attached hydrogens (tertiary/aromatic N) is 3. The van der Waals surface area contributed by atoms with Gasteiger partial charge in [-0.05, 0) is 54.8 Å². The number of anilines is 1. The number of ketones is 1. The van der Waals surface area contributed by atoms with Crippen LogP contribution in [0.4, 0.5) is 18.9 Å². The Morgan fingerprint density at radius 1 is 1.13 bits per heavy atom.